The molecule has 1 atom stereocenters. The summed E-state index contributed by atoms with van der Waals surface area (Å²) in [5, 5.41) is 8.69. The molecule has 0 saturated heterocycles. The van der Waals surface area contributed by atoms with Crippen LogP contribution < -0.4 is 5.73 Å². The first kappa shape index (κ1) is 20.5. The maximum Gasteiger partial charge on any atom is 0.344 e. The largest absolute Gasteiger partial charge is 0.480 e. The van der Waals surface area contributed by atoms with Gasteiger partial charge < -0.3 is 35.3 Å². The first-order valence-electron chi connectivity index (χ1n) is 6.18. The maximum atomic E-state index is 12.1. The van der Waals surface area contributed by atoms with Crippen LogP contribution in [0, 0.1) is 0 Å². The number of hydrogen-bond donors (Lipinski definition) is 6. The molecule has 1 rings (SSSR count). The summed E-state index contributed by atoms with van der Waals surface area (Å²) in [6.07, 6.45) is -0.666. The molecule has 1 aromatic rings. The molecule has 24 heavy (non-hydrogen) atoms. The zero-order chi connectivity index (χ0) is 18.7. The molecular formula is C9H16N4O9P2. The van der Waals surface area contributed by atoms with E-state index in [0.717, 1.165) is 17.1 Å². The van der Waals surface area contributed by atoms with Gasteiger partial charge in [0.15, 0.2) is 0 Å². The van der Waals surface area contributed by atoms with Crippen LogP contribution in [-0.2, 0) is 20.3 Å². The van der Waals surface area contributed by atoms with Gasteiger partial charge in [0.1, 0.15) is 24.9 Å². The topological polar surface area (TPSA) is 217 Å². The van der Waals surface area contributed by atoms with E-state index in [2.05, 4.69) is 4.98 Å². The number of carbonyl (C=O) groups is 2. The molecule has 7 N–H and O–H groups in total. The second-order valence-corrected chi connectivity index (χ2v) is 8.08. The van der Waals surface area contributed by atoms with Gasteiger partial charge in [-0.25, -0.2) is 9.78 Å². The Balaban J connectivity index is 2.98. The predicted molar refractivity (Wildman–Crippen MR) is 78.0 cm³/mol. The monoisotopic (exact) mass is 386 g/mol. The highest BCUT2D eigenvalue weighted by atomic mass is 31.2. The lowest BCUT2D eigenvalue weighted by molar-refractivity contribution is -0.138. The van der Waals surface area contributed by atoms with Crippen LogP contribution in [0.1, 0.15) is 5.69 Å². The summed E-state index contributed by atoms with van der Waals surface area (Å²) in [4.78, 5) is 62.5. The van der Waals surface area contributed by atoms with Crippen LogP contribution in [0.5, 0.6) is 0 Å². The average molecular weight is 386 g/mol. The average Bonchev–Trinajstić information content (AvgIpc) is 2.82. The van der Waals surface area contributed by atoms with Crippen molar-refractivity contribution in [2.75, 3.05) is 12.6 Å². The van der Waals surface area contributed by atoms with Gasteiger partial charge in [0.05, 0.1) is 5.69 Å². The Morgan fingerprint density at radius 2 is 1.71 bits per heavy atom. The molecule has 0 fully saturated rings. The van der Waals surface area contributed by atoms with E-state index in [0.29, 0.717) is 0 Å². The van der Waals surface area contributed by atoms with E-state index in [4.69, 9.17) is 30.4 Å². The molecule has 13 nitrogen and oxygen atoms in total. The van der Waals surface area contributed by atoms with Gasteiger partial charge in [0.2, 0.25) is 0 Å². The maximum absolute atomic E-state index is 12.1. The number of nitrogens with two attached hydrogens (primary N) is 1. The number of hydrogen-bond acceptors (Lipinski definition) is 6. The zero-order valence-corrected chi connectivity index (χ0v) is 13.8. The molecule has 1 amide bonds. The van der Waals surface area contributed by atoms with Crippen LogP contribution in [-0.4, -0.2) is 69.7 Å². The second-order valence-electron chi connectivity index (χ2n) is 4.86. The van der Waals surface area contributed by atoms with Crippen molar-refractivity contribution in [3.63, 3.8) is 0 Å². The van der Waals surface area contributed by atoms with Crippen molar-refractivity contribution in [2.24, 2.45) is 5.73 Å². The summed E-state index contributed by atoms with van der Waals surface area (Å²) < 4.78 is 22.8. The number of aliphatic carboxylic acids is 1. The van der Waals surface area contributed by atoms with Crippen molar-refractivity contribution in [3.05, 3.63) is 18.2 Å². The van der Waals surface area contributed by atoms with Gasteiger partial charge in [0.25, 0.3) is 0 Å². The minimum absolute atomic E-state index is 0.102. The Hall–Kier alpha value is -1.59. The van der Waals surface area contributed by atoms with Crippen molar-refractivity contribution in [1.29, 1.82) is 0 Å². The Bertz CT molecular complexity index is 684. The van der Waals surface area contributed by atoms with Crippen molar-refractivity contribution in [2.45, 2.75) is 12.5 Å². The first-order valence-corrected chi connectivity index (χ1v) is 9.78. The molecule has 1 heterocycles. The molecule has 0 aliphatic heterocycles. The normalized spacial score (nSPS) is 13.5. The summed E-state index contributed by atoms with van der Waals surface area (Å²) in [6, 6.07) is -2.42. The minimum Gasteiger partial charge on any atom is -0.480 e. The standard InChI is InChI=1S/C9H16N4O9P2/c10-7(8(14)15)1-6-2-12(3-11-6)9(16)13(4-23(17,18)19)5-24(20,21)22/h2-3,7H,1,4-5,10H2,(H,14,15)(H2,17,18,19)(H2,20,21,22)/t7-/m0/s1. The van der Waals surface area contributed by atoms with Crippen molar-refractivity contribution in [1.82, 2.24) is 14.5 Å². The van der Waals surface area contributed by atoms with Crippen molar-refractivity contribution < 1.29 is 43.4 Å². The van der Waals surface area contributed by atoms with Crippen LogP contribution in [0.25, 0.3) is 0 Å². The van der Waals surface area contributed by atoms with Gasteiger partial charge in [-0.15, -0.1) is 0 Å². The molecule has 15 heteroatoms. The van der Waals surface area contributed by atoms with E-state index < -0.39 is 45.8 Å². The van der Waals surface area contributed by atoms with Gasteiger partial charge in [-0.3, -0.25) is 18.5 Å². The van der Waals surface area contributed by atoms with Crippen LogP contribution in [0.15, 0.2) is 12.5 Å². The molecule has 0 bridgehead atoms. The van der Waals surface area contributed by atoms with E-state index in [-0.39, 0.29) is 17.0 Å². The Labute approximate surface area is 135 Å². The molecule has 1 aromatic heterocycles. The number of carboxylic acid groups (broad SMARTS) is 1. The highest BCUT2D eigenvalue weighted by Gasteiger charge is 2.30. The number of nitrogens with zero attached hydrogens (tertiary/aromatic N) is 3. The predicted octanol–water partition coefficient (Wildman–Crippen LogP) is -1.62. The molecule has 0 aliphatic carbocycles. The van der Waals surface area contributed by atoms with Crippen LogP contribution in [0.3, 0.4) is 0 Å². The quantitative estimate of drug-likeness (QED) is 0.292. The van der Waals surface area contributed by atoms with Crippen LogP contribution in [0.2, 0.25) is 0 Å². The third kappa shape index (κ3) is 6.89. The fourth-order valence-electron chi connectivity index (χ4n) is 1.66. The summed E-state index contributed by atoms with van der Waals surface area (Å²) in [5.74, 6) is -1.29. The lowest BCUT2D eigenvalue weighted by Gasteiger charge is -2.23. The highest BCUT2D eigenvalue weighted by molar-refractivity contribution is 7.52. The summed E-state index contributed by atoms with van der Waals surface area (Å²) in [7, 11) is -9.56. The number of carbonyl (C=O) groups excluding carboxylic acids is 1. The highest BCUT2D eigenvalue weighted by Crippen LogP contribution is 2.41. The minimum atomic E-state index is -4.78. The number of carboxylic acids is 1. The molecule has 0 spiro atoms. The molecule has 0 unspecified atom stereocenters. The third-order valence-corrected chi connectivity index (χ3v) is 4.00. The van der Waals surface area contributed by atoms with Crippen LogP contribution >= 0.6 is 15.2 Å². The Morgan fingerprint density at radius 3 is 2.12 bits per heavy atom. The third-order valence-electron chi connectivity index (χ3n) is 2.58. The SMILES string of the molecule is N[C@@H](Cc1cn(C(=O)N(CP(=O)(O)O)CP(=O)(O)O)cn1)C(=O)O. The van der Waals surface area contributed by atoms with E-state index in [9.17, 15) is 18.7 Å². The van der Waals surface area contributed by atoms with Gasteiger partial charge in [0, 0.05) is 12.6 Å². The molecule has 0 aliphatic rings. The smallest absolute Gasteiger partial charge is 0.344 e. The molecular weight excluding hydrogens is 370 g/mol. The van der Waals surface area contributed by atoms with Crippen molar-refractivity contribution >= 4 is 27.2 Å². The van der Waals surface area contributed by atoms with Gasteiger partial charge in [-0.2, -0.15) is 0 Å². The van der Waals surface area contributed by atoms with Crippen molar-refractivity contribution in [3.8, 4) is 0 Å². The summed E-state index contributed by atoms with van der Waals surface area (Å²) >= 11 is 0. The van der Waals surface area contributed by atoms with Gasteiger partial charge in [-0.05, 0) is 0 Å². The first-order chi connectivity index (χ1) is 10.8. The Morgan fingerprint density at radius 1 is 1.21 bits per heavy atom. The Kier molecular flexibility index (Phi) is 6.42. The lowest BCUT2D eigenvalue weighted by Crippen LogP contribution is -2.35. The number of imidazole rings is 1. The van der Waals surface area contributed by atoms with E-state index in [1.807, 2.05) is 0 Å². The number of aromatic nitrogens is 2. The molecule has 0 radical (unpaired) electrons. The van der Waals surface area contributed by atoms with Crippen LogP contribution in [0.4, 0.5) is 4.79 Å². The van der Waals surface area contributed by atoms with Gasteiger partial charge >= 0.3 is 27.2 Å². The summed E-state index contributed by atoms with van der Waals surface area (Å²) in [5.41, 5.74) is 5.41. The summed E-state index contributed by atoms with van der Waals surface area (Å²) in [6.45, 7) is 0. The number of amides is 1. The second kappa shape index (κ2) is 7.53. The molecule has 136 valence electrons. The number of rotatable bonds is 7. The van der Waals surface area contributed by atoms with E-state index in [1.54, 1.807) is 0 Å². The van der Waals surface area contributed by atoms with E-state index in [1.165, 1.54) is 0 Å². The molecule has 0 saturated carbocycles. The molecule has 0 aromatic carbocycles. The fourth-order valence-corrected chi connectivity index (χ4v) is 3.15. The van der Waals surface area contributed by atoms with Gasteiger partial charge in [-0.1, -0.05) is 0 Å². The fraction of sp³-hybridized carbons (Fsp3) is 0.444. The lowest BCUT2D eigenvalue weighted by atomic mass is 10.2. The van der Waals surface area contributed by atoms with E-state index >= 15 is 0 Å². The zero-order valence-electron chi connectivity index (χ0n) is 12.0.